The summed E-state index contributed by atoms with van der Waals surface area (Å²) in [6.07, 6.45) is 3.21. The van der Waals surface area contributed by atoms with Gasteiger partial charge in [-0.25, -0.2) is 0 Å². The van der Waals surface area contributed by atoms with Crippen LogP contribution in [-0.4, -0.2) is 5.11 Å². The van der Waals surface area contributed by atoms with Gasteiger partial charge in [0.1, 0.15) is 5.75 Å². The normalized spacial score (nSPS) is 20.3. The Morgan fingerprint density at radius 2 is 2.31 bits per heavy atom. The lowest BCUT2D eigenvalue weighted by Gasteiger charge is -2.10. The topological polar surface area (TPSA) is 20.2 Å². The van der Waals surface area contributed by atoms with Crippen LogP contribution in [0.15, 0.2) is 12.1 Å². The first kappa shape index (κ1) is 8.89. The van der Waals surface area contributed by atoms with Crippen LogP contribution in [-0.2, 0) is 6.42 Å². The van der Waals surface area contributed by atoms with Crippen molar-refractivity contribution in [2.75, 3.05) is 0 Å². The third kappa shape index (κ3) is 1.31. The van der Waals surface area contributed by atoms with Gasteiger partial charge < -0.3 is 5.11 Å². The molecule has 0 saturated carbocycles. The van der Waals surface area contributed by atoms with Gasteiger partial charge in [0.25, 0.3) is 0 Å². The summed E-state index contributed by atoms with van der Waals surface area (Å²) in [6.45, 7) is 2.17. The number of hydrogen-bond donors (Lipinski definition) is 1. The molecule has 0 saturated heterocycles. The maximum Gasteiger partial charge on any atom is 0.119 e. The van der Waals surface area contributed by atoms with E-state index in [-0.39, 0.29) is 0 Å². The Balaban J connectivity index is 2.55. The Hall–Kier alpha value is -0.690. The van der Waals surface area contributed by atoms with Crippen molar-refractivity contribution in [1.82, 2.24) is 0 Å². The second-order valence-corrected chi connectivity index (χ2v) is 4.01. The highest BCUT2D eigenvalue weighted by Gasteiger charge is 2.25. The first-order chi connectivity index (χ1) is 6.24. The van der Waals surface area contributed by atoms with E-state index in [1.807, 2.05) is 0 Å². The molecule has 1 aromatic carbocycles. The molecule has 0 aliphatic heterocycles. The molecule has 13 heavy (non-hydrogen) atoms. The van der Waals surface area contributed by atoms with Crippen LogP contribution in [0.2, 0.25) is 5.02 Å². The van der Waals surface area contributed by atoms with Crippen molar-refractivity contribution in [1.29, 1.82) is 0 Å². The van der Waals surface area contributed by atoms with Gasteiger partial charge in [0.2, 0.25) is 0 Å². The molecule has 2 heteroatoms. The fraction of sp³-hybridized carbons (Fsp3) is 0.455. The van der Waals surface area contributed by atoms with Crippen LogP contribution >= 0.6 is 11.6 Å². The minimum atomic E-state index is 0.412. The van der Waals surface area contributed by atoms with Crippen molar-refractivity contribution in [3.05, 3.63) is 28.3 Å². The lowest BCUT2D eigenvalue weighted by Crippen LogP contribution is -1.91. The fourth-order valence-corrected chi connectivity index (χ4v) is 2.53. The molecule has 1 N–H and O–H groups in total. The standard InChI is InChI=1S/C11H13ClO/c1-2-7-3-4-8-10(13)6-5-9(12)11(7)8/h5-7,13H,2-4H2,1H3. The zero-order chi connectivity index (χ0) is 9.42. The Kier molecular flexibility index (Phi) is 2.20. The quantitative estimate of drug-likeness (QED) is 0.729. The summed E-state index contributed by atoms with van der Waals surface area (Å²) in [4.78, 5) is 0. The summed E-state index contributed by atoms with van der Waals surface area (Å²) in [5.41, 5.74) is 2.25. The molecular formula is C11H13ClO. The van der Waals surface area contributed by atoms with Gasteiger partial charge in [-0.15, -0.1) is 0 Å². The number of fused-ring (bicyclic) bond motifs is 1. The smallest absolute Gasteiger partial charge is 0.119 e. The summed E-state index contributed by atoms with van der Waals surface area (Å²) < 4.78 is 0. The minimum absolute atomic E-state index is 0.412. The first-order valence-electron chi connectivity index (χ1n) is 4.74. The van der Waals surface area contributed by atoms with Gasteiger partial charge >= 0.3 is 0 Å². The number of rotatable bonds is 1. The van der Waals surface area contributed by atoms with Crippen molar-refractivity contribution in [2.45, 2.75) is 32.1 Å². The third-order valence-electron chi connectivity index (χ3n) is 2.92. The Morgan fingerprint density at radius 1 is 1.54 bits per heavy atom. The maximum atomic E-state index is 9.61. The van der Waals surface area contributed by atoms with Gasteiger partial charge in [0, 0.05) is 5.02 Å². The largest absolute Gasteiger partial charge is 0.508 e. The summed E-state index contributed by atoms with van der Waals surface area (Å²) in [6, 6.07) is 3.49. The SMILES string of the molecule is CCC1CCc2c(O)ccc(Cl)c21. The molecule has 0 spiro atoms. The molecule has 0 heterocycles. The highest BCUT2D eigenvalue weighted by Crippen LogP contribution is 2.43. The molecule has 1 aliphatic carbocycles. The van der Waals surface area contributed by atoms with Crippen molar-refractivity contribution in [2.24, 2.45) is 0 Å². The first-order valence-corrected chi connectivity index (χ1v) is 5.12. The second-order valence-electron chi connectivity index (χ2n) is 3.60. The fourth-order valence-electron chi connectivity index (χ4n) is 2.20. The summed E-state index contributed by atoms with van der Waals surface area (Å²) in [5, 5.41) is 10.4. The molecule has 1 atom stereocenters. The third-order valence-corrected chi connectivity index (χ3v) is 3.25. The average molecular weight is 197 g/mol. The molecule has 1 nitrogen and oxygen atoms in total. The molecule has 0 aromatic heterocycles. The Bertz CT molecular complexity index is 333. The van der Waals surface area contributed by atoms with Crippen LogP contribution in [0.5, 0.6) is 5.75 Å². The van der Waals surface area contributed by atoms with Gasteiger partial charge in [0.05, 0.1) is 0 Å². The van der Waals surface area contributed by atoms with Crippen LogP contribution in [0.1, 0.15) is 36.8 Å². The van der Waals surface area contributed by atoms with Gasteiger partial charge in [-0.1, -0.05) is 18.5 Å². The van der Waals surface area contributed by atoms with E-state index in [4.69, 9.17) is 11.6 Å². The van der Waals surface area contributed by atoms with Crippen LogP contribution < -0.4 is 0 Å². The van der Waals surface area contributed by atoms with Crippen LogP contribution in [0, 0.1) is 0 Å². The summed E-state index contributed by atoms with van der Waals surface area (Å²) in [5.74, 6) is 0.963. The van der Waals surface area contributed by atoms with E-state index in [1.54, 1.807) is 12.1 Å². The highest BCUT2D eigenvalue weighted by atomic mass is 35.5. The zero-order valence-corrected chi connectivity index (χ0v) is 8.43. The zero-order valence-electron chi connectivity index (χ0n) is 7.68. The molecule has 0 bridgehead atoms. The van der Waals surface area contributed by atoms with Crippen LogP contribution in [0.3, 0.4) is 0 Å². The maximum absolute atomic E-state index is 9.61. The molecule has 2 rings (SSSR count). The number of phenols is 1. The van der Waals surface area contributed by atoms with E-state index in [9.17, 15) is 5.11 Å². The van der Waals surface area contributed by atoms with Crippen molar-refractivity contribution in [3.63, 3.8) is 0 Å². The number of halogens is 1. The van der Waals surface area contributed by atoms with Crippen molar-refractivity contribution >= 4 is 11.6 Å². The molecule has 1 unspecified atom stereocenters. The van der Waals surface area contributed by atoms with Gasteiger partial charge in [0.15, 0.2) is 0 Å². The molecule has 70 valence electrons. The molecule has 1 aromatic rings. The predicted octanol–water partition coefficient (Wildman–Crippen LogP) is 3.49. The number of aromatic hydroxyl groups is 1. The van der Waals surface area contributed by atoms with Gasteiger partial charge in [-0.3, -0.25) is 0 Å². The van der Waals surface area contributed by atoms with E-state index < -0.39 is 0 Å². The van der Waals surface area contributed by atoms with E-state index >= 15 is 0 Å². The Labute approximate surface area is 83.3 Å². The number of hydrogen-bond acceptors (Lipinski definition) is 1. The highest BCUT2D eigenvalue weighted by molar-refractivity contribution is 6.31. The van der Waals surface area contributed by atoms with E-state index in [0.717, 1.165) is 29.8 Å². The molecular weight excluding hydrogens is 184 g/mol. The van der Waals surface area contributed by atoms with Crippen LogP contribution in [0.25, 0.3) is 0 Å². The minimum Gasteiger partial charge on any atom is -0.508 e. The van der Waals surface area contributed by atoms with E-state index in [0.29, 0.717) is 11.7 Å². The average Bonchev–Trinajstić information content (AvgIpc) is 2.56. The van der Waals surface area contributed by atoms with E-state index in [2.05, 4.69) is 6.92 Å². The summed E-state index contributed by atoms with van der Waals surface area (Å²) >= 11 is 6.10. The lowest BCUT2D eigenvalue weighted by atomic mass is 9.98. The molecule has 0 radical (unpaired) electrons. The molecule has 0 fully saturated rings. The monoisotopic (exact) mass is 196 g/mol. The van der Waals surface area contributed by atoms with Gasteiger partial charge in [-0.05, 0) is 48.4 Å². The van der Waals surface area contributed by atoms with Crippen molar-refractivity contribution < 1.29 is 5.11 Å². The lowest BCUT2D eigenvalue weighted by molar-refractivity contribution is 0.469. The van der Waals surface area contributed by atoms with E-state index in [1.165, 1.54) is 5.56 Å². The van der Waals surface area contributed by atoms with Crippen LogP contribution in [0.4, 0.5) is 0 Å². The second kappa shape index (κ2) is 3.22. The Morgan fingerprint density at radius 3 is 3.00 bits per heavy atom. The molecule has 0 amide bonds. The van der Waals surface area contributed by atoms with Gasteiger partial charge in [-0.2, -0.15) is 0 Å². The predicted molar refractivity (Wildman–Crippen MR) is 54.5 cm³/mol. The van der Waals surface area contributed by atoms with Crippen molar-refractivity contribution in [3.8, 4) is 5.75 Å². The number of phenolic OH excluding ortho intramolecular Hbond substituents is 1. The summed E-state index contributed by atoms with van der Waals surface area (Å²) in [7, 11) is 0. The molecule has 1 aliphatic rings. The number of benzene rings is 1.